The Morgan fingerprint density at radius 2 is 2.23 bits per heavy atom. The molecular weight excluding hydrogens is 166 g/mol. The Hall–Kier alpha value is -1.51. The molecule has 2 rings (SSSR count). The van der Waals surface area contributed by atoms with Gasteiger partial charge >= 0.3 is 0 Å². The molecule has 0 bridgehead atoms. The highest BCUT2D eigenvalue weighted by Crippen LogP contribution is 2.21. The number of fused-ring (bicyclic) bond motifs is 1. The molecule has 1 aliphatic rings. The molecule has 3 nitrogen and oxygen atoms in total. The van der Waals surface area contributed by atoms with E-state index in [2.05, 4.69) is 0 Å². The van der Waals surface area contributed by atoms with Crippen molar-refractivity contribution in [1.29, 1.82) is 0 Å². The van der Waals surface area contributed by atoms with Crippen LogP contribution in [0.15, 0.2) is 18.2 Å². The monoisotopic (exact) mass is 177 g/mol. The fourth-order valence-electron chi connectivity index (χ4n) is 1.59. The van der Waals surface area contributed by atoms with E-state index in [1.807, 2.05) is 0 Å². The number of phenols is 1. The lowest BCUT2D eigenvalue weighted by Gasteiger charge is -2.24. The fraction of sp³-hybridized carbons (Fsp3) is 0.300. The molecule has 0 spiro atoms. The van der Waals surface area contributed by atoms with Crippen molar-refractivity contribution in [3.63, 3.8) is 0 Å². The van der Waals surface area contributed by atoms with E-state index in [4.69, 9.17) is 0 Å². The van der Waals surface area contributed by atoms with Crippen LogP contribution in [0.25, 0.3) is 0 Å². The highest BCUT2D eigenvalue weighted by Gasteiger charge is 2.20. The number of amides is 1. The quantitative estimate of drug-likeness (QED) is 0.642. The second kappa shape index (κ2) is 2.76. The van der Waals surface area contributed by atoms with E-state index in [1.165, 1.54) is 0 Å². The third-order valence-electron chi connectivity index (χ3n) is 2.38. The molecule has 0 aromatic heterocycles. The van der Waals surface area contributed by atoms with E-state index in [9.17, 15) is 9.90 Å². The summed E-state index contributed by atoms with van der Waals surface area (Å²) in [5.41, 5.74) is 1.66. The molecule has 0 saturated carbocycles. The minimum atomic E-state index is 0.0428. The lowest BCUT2D eigenvalue weighted by molar-refractivity contribution is 0.0781. The molecule has 0 atom stereocenters. The van der Waals surface area contributed by atoms with Crippen LogP contribution in [-0.4, -0.2) is 29.5 Å². The van der Waals surface area contributed by atoms with Gasteiger partial charge in [-0.25, -0.2) is 0 Å². The van der Waals surface area contributed by atoms with Crippen LogP contribution in [0.1, 0.15) is 15.9 Å². The van der Waals surface area contributed by atoms with Crippen LogP contribution in [0, 0.1) is 0 Å². The van der Waals surface area contributed by atoms with Gasteiger partial charge < -0.3 is 10.0 Å². The summed E-state index contributed by atoms with van der Waals surface area (Å²) in [7, 11) is 1.79. The molecular formula is C10H11NO2. The van der Waals surface area contributed by atoms with Gasteiger partial charge in [-0.1, -0.05) is 0 Å². The van der Waals surface area contributed by atoms with E-state index in [-0.39, 0.29) is 11.7 Å². The predicted molar refractivity (Wildman–Crippen MR) is 48.8 cm³/mol. The van der Waals surface area contributed by atoms with E-state index in [0.29, 0.717) is 5.56 Å². The summed E-state index contributed by atoms with van der Waals surface area (Å²) >= 11 is 0. The first-order valence-corrected chi connectivity index (χ1v) is 4.26. The molecule has 0 saturated heterocycles. The summed E-state index contributed by atoms with van der Waals surface area (Å²) in [5.74, 6) is 0.275. The maximum Gasteiger partial charge on any atom is 0.253 e. The van der Waals surface area contributed by atoms with Gasteiger partial charge in [0.2, 0.25) is 0 Å². The number of carbonyl (C=O) groups is 1. The van der Waals surface area contributed by atoms with Gasteiger partial charge in [0.1, 0.15) is 5.75 Å². The topological polar surface area (TPSA) is 40.5 Å². The maximum atomic E-state index is 11.6. The molecule has 0 unspecified atom stereocenters. The third-order valence-corrected chi connectivity index (χ3v) is 2.38. The average molecular weight is 177 g/mol. The highest BCUT2D eigenvalue weighted by atomic mass is 16.3. The second-order valence-corrected chi connectivity index (χ2v) is 3.32. The number of rotatable bonds is 0. The van der Waals surface area contributed by atoms with Crippen LogP contribution in [0.2, 0.25) is 0 Å². The predicted octanol–water partition coefficient (Wildman–Crippen LogP) is 1.02. The first-order valence-electron chi connectivity index (χ1n) is 4.26. The van der Waals surface area contributed by atoms with E-state index in [0.717, 1.165) is 18.5 Å². The van der Waals surface area contributed by atoms with Crippen LogP contribution in [0.3, 0.4) is 0 Å². The van der Waals surface area contributed by atoms with Crippen LogP contribution in [0.4, 0.5) is 0 Å². The smallest absolute Gasteiger partial charge is 0.253 e. The third kappa shape index (κ3) is 1.26. The number of benzene rings is 1. The fourth-order valence-corrected chi connectivity index (χ4v) is 1.59. The Morgan fingerprint density at radius 1 is 1.46 bits per heavy atom. The number of aromatic hydroxyl groups is 1. The SMILES string of the molecule is CN1CCc2cc(O)ccc2C1=O. The Morgan fingerprint density at radius 3 is 3.00 bits per heavy atom. The van der Waals surface area contributed by atoms with Crippen LogP contribution in [0.5, 0.6) is 5.75 Å². The summed E-state index contributed by atoms with van der Waals surface area (Å²) in [4.78, 5) is 13.3. The summed E-state index contributed by atoms with van der Waals surface area (Å²) in [6, 6.07) is 4.90. The molecule has 1 heterocycles. The van der Waals surface area contributed by atoms with Crippen molar-refractivity contribution in [3.8, 4) is 5.75 Å². The maximum absolute atomic E-state index is 11.6. The van der Waals surface area contributed by atoms with E-state index >= 15 is 0 Å². The summed E-state index contributed by atoms with van der Waals surface area (Å²) < 4.78 is 0. The minimum absolute atomic E-state index is 0.0428. The average Bonchev–Trinajstić information content (AvgIpc) is 2.12. The van der Waals surface area contributed by atoms with Crippen molar-refractivity contribution in [2.24, 2.45) is 0 Å². The van der Waals surface area contributed by atoms with Crippen molar-refractivity contribution in [3.05, 3.63) is 29.3 Å². The number of hydrogen-bond donors (Lipinski definition) is 1. The number of hydrogen-bond acceptors (Lipinski definition) is 2. The number of nitrogens with zero attached hydrogens (tertiary/aromatic N) is 1. The molecule has 3 heteroatoms. The van der Waals surface area contributed by atoms with Gasteiger partial charge in [-0.15, -0.1) is 0 Å². The Kier molecular flexibility index (Phi) is 1.72. The molecule has 1 aromatic rings. The zero-order valence-electron chi connectivity index (χ0n) is 7.45. The molecule has 1 N–H and O–H groups in total. The van der Waals surface area contributed by atoms with E-state index < -0.39 is 0 Å². The molecule has 1 aliphatic heterocycles. The van der Waals surface area contributed by atoms with Gasteiger partial charge in [-0.2, -0.15) is 0 Å². The number of phenolic OH excluding ortho intramolecular Hbond substituents is 1. The summed E-state index contributed by atoms with van der Waals surface area (Å²) in [6.45, 7) is 0.731. The van der Waals surface area contributed by atoms with Gasteiger partial charge in [-0.3, -0.25) is 4.79 Å². The lowest BCUT2D eigenvalue weighted by Crippen LogP contribution is -2.33. The van der Waals surface area contributed by atoms with Gasteiger partial charge in [0.25, 0.3) is 5.91 Å². The van der Waals surface area contributed by atoms with Crippen molar-refractivity contribution in [1.82, 2.24) is 4.90 Å². The zero-order chi connectivity index (χ0) is 9.42. The standard InChI is InChI=1S/C10H11NO2/c1-11-5-4-7-6-8(12)2-3-9(7)10(11)13/h2-3,6,12H,4-5H2,1H3. The second-order valence-electron chi connectivity index (χ2n) is 3.32. The molecule has 1 aromatic carbocycles. The highest BCUT2D eigenvalue weighted by molar-refractivity contribution is 5.96. The molecule has 0 aliphatic carbocycles. The Bertz CT molecular complexity index is 360. The summed E-state index contributed by atoms with van der Waals surface area (Å²) in [6.07, 6.45) is 0.825. The van der Waals surface area contributed by atoms with Crippen molar-refractivity contribution in [2.75, 3.05) is 13.6 Å². The molecule has 0 radical (unpaired) electrons. The number of carbonyl (C=O) groups excluding carboxylic acids is 1. The van der Waals surface area contributed by atoms with E-state index in [1.54, 1.807) is 30.1 Å². The summed E-state index contributed by atoms with van der Waals surface area (Å²) in [5, 5.41) is 9.22. The Labute approximate surface area is 76.6 Å². The first kappa shape index (κ1) is 8.10. The van der Waals surface area contributed by atoms with Crippen LogP contribution >= 0.6 is 0 Å². The van der Waals surface area contributed by atoms with Gasteiger partial charge in [0.05, 0.1) is 0 Å². The molecule has 0 fully saturated rings. The van der Waals surface area contributed by atoms with Crippen molar-refractivity contribution >= 4 is 5.91 Å². The van der Waals surface area contributed by atoms with Crippen molar-refractivity contribution in [2.45, 2.75) is 6.42 Å². The Balaban J connectivity index is 2.50. The number of likely N-dealkylation sites (N-methyl/N-ethyl adjacent to an activating group) is 1. The van der Waals surface area contributed by atoms with Crippen LogP contribution < -0.4 is 0 Å². The minimum Gasteiger partial charge on any atom is -0.508 e. The van der Waals surface area contributed by atoms with Crippen molar-refractivity contribution < 1.29 is 9.90 Å². The normalized spacial score (nSPS) is 15.8. The lowest BCUT2D eigenvalue weighted by atomic mass is 9.99. The molecule has 13 heavy (non-hydrogen) atoms. The largest absolute Gasteiger partial charge is 0.508 e. The molecule has 68 valence electrons. The zero-order valence-corrected chi connectivity index (χ0v) is 7.45. The van der Waals surface area contributed by atoms with Crippen LogP contribution in [-0.2, 0) is 6.42 Å². The molecule has 1 amide bonds. The first-order chi connectivity index (χ1) is 6.18. The van der Waals surface area contributed by atoms with Gasteiger partial charge in [0, 0.05) is 19.2 Å². The van der Waals surface area contributed by atoms with Gasteiger partial charge in [0.15, 0.2) is 0 Å². The van der Waals surface area contributed by atoms with Gasteiger partial charge in [-0.05, 0) is 30.2 Å².